The lowest BCUT2D eigenvalue weighted by atomic mass is 9.81. The molecule has 1 aliphatic carbocycles. The number of hydrogen-bond donors (Lipinski definition) is 2. The zero-order chi connectivity index (χ0) is 21.0. The highest BCUT2D eigenvalue weighted by atomic mass is 19.4. The van der Waals surface area contributed by atoms with Crippen LogP contribution in [-0.2, 0) is 28.9 Å². The molecule has 1 aromatic rings. The van der Waals surface area contributed by atoms with Gasteiger partial charge in [-0.05, 0) is 54.9 Å². The summed E-state index contributed by atoms with van der Waals surface area (Å²) < 4.78 is 38.9. The number of imide groups is 1. The number of carbonyl (C=O) groups excluding carboxylic acids is 3. The van der Waals surface area contributed by atoms with Crippen LogP contribution >= 0.6 is 0 Å². The van der Waals surface area contributed by atoms with E-state index in [4.69, 9.17) is 0 Å². The van der Waals surface area contributed by atoms with E-state index in [1.54, 1.807) is 0 Å². The standard InChI is InChI=1S/C20H22F3N3O3/c1-2-11(8-19(14-5-6-14)17(28)24-18(29)25-19)16(27)26-9-12-3-4-15(20(21,22)23)7-13(12)10-26/h3-4,7,11,14H,2,5-6,8-10H2,1H3,(H2,24,25,28,29)/t11-,19-/m0/s1. The van der Waals surface area contributed by atoms with E-state index in [1.807, 2.05) is 6.92 Å². The molecule has 0 spiro atoms. The number of amides is 4. The SMILES string of the molecule is CC[C@@H](C[C@@]1(C2CC2)NC(=O)NC1=O)C(=O)N1Cc2ccc(C(F)(F)F)cc2C1. The Hall–Kier alpha value is -2.58. The minimum atomic E-state index is -4.43. The maximum atomic E-state index is 13.1. The molecule has 6 nitrogen and oxygen atoms in total. The van der Waals surface area contributed by atoms with Crippen molar-refractivity contribution in [3.63, 3.8) is 0 Å². The lowest BCUT2D eigenvalue weighted by molar-refractivity contribution is -0.138. The Kier molecular flexibility index (Phi) is 4.59. The van der Waals surface area contributed by atoms with E-state index in [1.165, 1.54) is 11.0 Å². The highest BCUT2D eigenvalue weighted by Crippen LogP contribution is 2.45. The number of halogens is 3. The number of hydrogen-bond acceptors (Lipinski definition) is 3. The van der Waals surface area contributed by atoms with Crippen LogP contribution in [0.1, 0.15) is 49.3 Å². The number of urea groups is 1. The number of nitrogens with zero attached hydrogens (tertiary/aromatic N) is 1. The Morgan fingerprint density at radius 3 is 2.48 bits per heavy atom. The van der Waals surface area contributed by atoms with Gasteiger partial charge in [-0.1, -0.05) is 13.0 Å². The molecule has 2 N–H and O–H groups in total. The quantitative estimate of drug-likeness (QED) is 0.734. The van der Waals surface area contributed by atoms with Crippen molar-refractivity contribution in [3.05, 3.63) is 34.9 Å². The molecule has 1 aromatic carbocycles. The van der Waals surface area contributed by atoms with Crippen molar-refractivity contribution < 1.29 is 27.6 Å². The van der Waals surface area contributed by atoms with Crippen LogP contribution in [0.2, 0.25) is 0 Å². The van der Waals surface area contributed by atoms with E-state index in [0.717, 1.165) is 25.0 Å². The highest BCUT2D eigenvalue weighted by molar-refractivity contribution is 6.07. The maximum absolute atomic E-state index is 13.1. The van der Waals surface area contributed by atoms with Gasteiger partial charge in [0, 0.05) is 19.0 Å². The zero-order valence-corrected chi connectivity index (χ0v) is 15.9. The van der Waals surface area contributed by atoms with Gasteiger partial charge in [0.1, 0.15) is 5.54 Å². The molecule has 1 saturated carbocycles. The topological polar surface area (TPSA) is 78.5 Å². The minimum absolute atomic E-state index is 0.0147. The molecule has 0 bridgehead atoms. The smallest absolute Gasteiger partial charge is 0.334 e. The lowest BCUT2D eigenvalue weighted by Gasteiger charge is -2.31. The van der Waals surface area contributed by atoms with E-state index >= 15 is 0 Å². The highest BCUT2D eigenvalue weighted by Gasteiger charge is 2.57. The summed E-state index contributed by atoms with van der Waals surface area (Å²) in [5.41, 5.74) is -0.601. The first kappa shape index (κ1) is 19.7. The molecule has 3 aliphatic rings. The molecule has 4 amide bonds. The van der Waals surface area contributed by atoms with Crippen molar-refractivity contribution in [1.82, 2.24) is 15.5 Å². The summed E-state index contributed by atoms with van der Waals surface area (Å²) in [4.78, 5) is 38.9. The first-order chi connectivity index (χ1) is 13.6. The second-order valence-electron chi connectivity index (χ2n) is 8.14. The summed E-state index contributed by atoms with van der Waals surface area (Å²) in [6.07, 6.45) is -2.13. The number of rotatable bonds is 5. The fraction of sp³-hybridized carbons (Fsp3) is 0.550. The van der Waals surface area contributed by atoms with Gasteiger partial charge in [0.15, 0.2) is 0 Å². The second kappa shape index (κ2) is 6.74. The fourth-order valence-electron chi connectivity index (χ4n) is 4.46. The van der Waals surface area contributed by atoms with E-state index < -0.39 is 35.1 Å². The molecule has 156 valence electrons. The molecule has 2 heterocycles. The minimum Gasteiger partial charge on any atom is -0.334 e. The predicted molar refractivity (Wildman–Crippen MR) is 96.2 cm³/mol. The molecule has 0 radical (unpaired) electrons. The summed E-state index contributed by atoms with van der Waals surface area (Å²) in [7, 11) is 0. The van der Waals surface area contributed by atoms with Crippen LogP contribution < -0.4 is 10.6 Å². The average Bonchev–Trinajstić information content (AvgIpc) is 3.35. The molecule has 2 atom stereocenters. The second-order valence-corrected chi connectivity index (χ2v) is 8.14. The van der Waals surface area contributed by atoms with Gasteiger partial charge in [0.05, 0.1) is 5.56 Å². The maximum Gasteiger partial charge on any atom is 0.416 e. The van der Waals surface area contributed by atoms with Crippen LogP contribution in [0.25, 0.3) is 0 Å². The van der Waals surface area contributed by atoms with Gasteiger partial charge in [0.25, 0.3) is 5.91 Å². The van der Waals surface area contributed by atoms with Gasteiger partial charge in [-0.3, -0.25) is 14.9 Å². The van der Waals surface area contributed by atoms with Gasteiger partial charge >= 0.3 is 12.2 Å². The number of fused-ring (bicyclic) bond motifs is 1. The Morgan fingerprint density at radius 2 is 1.93 bits per heavy atom. The Morgan fingerprint density at radius 1 is 1.24 bits per heavy atom. The summed E-state index contributed by atoms with van der Waals surface area (Å²) >= 11 is 0. The van der Waals surface area contributed by atoms with Crippen molar-refractivity contribution in [1.29, 1.82) is 0 Å². The Balaban J connectivity index is 1.51. The zero-order valence-electron chi connectivity index (χ0n) is 15.9. The van der Waals surface area contributed by atoms with Crippen molar-refractivity contribution in [2.24, 2.45) is 11.8 Å². The molecule has 0 aromatic heterocycles. The third-order valence-corrected chi connectivity index (χ3v) is 6.22. The molecule has 4 rings (SSSR count). The van der Waals surface area contributed by atoms with Crippen molar-refractivity contribution >= 4 is 17.8 Å². The van der Waals surface area contributed by atoms with Gasteiger partial charge in [0.2, 0.25) is 5.91 Å². The molecule has 9 heteroatoms. The summed E-state index contributed by atoms with van der Waals surface area (Å²) in [6, 6.07) is 3.00. The Bertz CT molecular complexity index is 881. The van der Waals surface area contributed by atoms with Gasteiger partial charge in [-0.2, -0.15) is 13.2 Å². The van der Waals surface area contributed by atoms with E-state index in [9.17, 15) is 27.6 Å². The van der Waals surface area contributed by atoms with Crippen LogP contribution in [-0.4, -0.2) is 28.3 Å². The molecule has 0 unspecified atom stereocenters. The number of carbonyl (C=O) groups is 3. The summed E-state index contributed by atoms with van der Waals surface area (Å²) in [5, 5.41) is 5.02. The summed E-state index contributed by atoms with van der Waals surface area (Å²) in [6.45, 7) is 2.20. The molecule has 1 saturated heterocycles. The van der Waals surface area contributed by atoms with E-state index in [2.05, 4.69) is 10.6 Å². The van der Waals surface area contributed by atoms with Crippen LogP contribution in [0.3, 0.4) is 0 Å². The number of benzene rings is 1. The van der Waals surface area contributed by atoms with Gasteiger partial charge in [-0.25, -0.2) is 4.79 Å². The lowest BCUT2D eigenvalue weighted by Crippen LogP contribution is -2.52. The van der Waals surface area contributed by atoms with Crippen LogP contribution in [0.15, 0.2) is 18.2 Å². The predicted octanol–water partition coefficient (Wildman–Crippen LogP) is 2.95. The fourth-order valence-corrected chi connectivity index (χ4v) is 4.46. The van der Waals surface area contributed by atoms with Crippen LogP contribution in [0, 0.1) is 11.8 Å². The molecule has 2 fully saturated rings. The average molecular weight is 409 g/mol. The molecule has 2 aliphatic heterocycles. The largest absolute Gasteiger partial charge is 0.416 e. The number of nitrogens with one attached hydrogen (secondary N) is 2. The third-order valence-electron chi connectivity index (χ3n) is 6.22. The first-order valence-corrected chi connectivity index (χ1v) is 9.75. The summed E-state index contributed by atoms with van der Waals surface area (Å²) in [5.74, 6) is -1.08. The van der Waals surface area contributed by atoms with Crippen LogP contribution in [0.5, 0.6) is 0 Å². The van der Waals surface area contributed by atoms with Crippen molar-refractivity contribution in [3.8, 4) is 0 Å². The van der Waals surface area contributed by atoms with Crippen molar-refractivity contribution in [2.75, 3.05) is 0 Å². The Labute approximate surface area is 165 Å². The van der Waals surface area contributed by atoms with Gasteiger partial charge < -0.3 is 10.2 Å². The van der Waals surface area contributed by atoms with E-state index in [0.29, 0.717) is 17.5 Å². The molecular weight excluding hydrogens is 387 g/mol. The van der Waals surface area contributed by atoms with Crippen molar-refractivity contribution in [2.45, 2.75) is 57.4 Å². The normalized spacial score (nSPS) is 24.9. The first-order valence-electron chi connectivity index (χ1n) is 9.75. The third kappa shape index (κ3) is 3.47. The van der Waals surface area contributed by atoms with Gasteiger partial charge in [-0.15, -0.1) is 0 Å². The molecular formula is C20H22F3N3O3. The van der Waals surface area contributed by atoms with Crippen LogP contribution in [0.4, 0.5) is 18.0 Å². The molecule has 29 heavy (non-hydrogen) atoms. The number of alkyl halides is 3. The van der Waals surface area contributed by atoms with E-state index in [-0.39, 0.29) is 31.3 Å². The monoisotopic (exact) mass is 409 g/mol.